The normalized spacial score (nSPS) is 8.70. The van der Waals surface area contributed by atoms with E-state index in [1.54, 1.807) is 0 Å². The van der Waals surface area contributed by atoms with Gasteiger partial charge in [0.1, 0.15) is 11.3 Å². The number of carbonyl (C=O) groups excluding carboxylic acids is 1. The van der Waals surface area contributed by atoms with Gasteiger partial charge in [-0.1, -0.05) is 34.6 Å². The lowest BCUT2D eigenvalue weighted by molar-refractivity contribution is 0.0997. The van der Waals surface area contributed by atoms with Gasteiger partial charge in [-0.2, -0.15) is 0 Å². The molecule has 3 rings (SSSR count). The van der Waals surface area contributed by atoms with E-state index in [2.05, 4.69) is 89.1 Å². The second-order valence-electron chi connectivity index (χ2n) is 6.14. The van der Waals surface area contributed by atoms with E-state index in [1.807, 2.05) is 39.0 Å². The minimum atomic E-state index is -0.355. The highest BCUT2D eigenvalue weighted by atomic mass is 16.8. The average Bonchev–Trinajstić information content (AvgIpc) is 3.40. The molecule has 0 aliphatic carbocycles. The first-order valence-electron chi connectivity index (χ1n) is 9.48. The molecule has 0 unspecified atom stereocenters. The highest BCUT2D eigenvalue weighted by Crippen LogP contribution is 2.27. The fourth-order valence-corrected chi connectivity index (χ4v) is 2.49. The zero-order valence-electron chi connectivity index (χ0n) is 18.3. The summed E-state index contributed by atoms with van der Waals surface area (Å²) in [6.45, 7) is 12.0. The van der Waals surface area contributed by atoms with E-state index in [4.69, 9.17) is 4.42 Å². The first-order chi connectivity index (χ1) is 16.0. The Kier molecular flexibility index (Phi) is 9.27. The number of amides is 1. The molecule has 0 radical (unpaired) electrons. The Morgan fingerprint density at radius 3 is 2.67 bits per heavy atom. The molecule has 0 fully saturated rings. The SMILES string of the molecule is C=C=C=C=C=C=C=C=NON=C.CCc1nonc1NC(=O)c1oc2ccc(C)cc2c1C. The van der Waals surface area contributed by atoms with Gasteiger partial charge in [0.05, 0.1) is 5.87 Å². The Morgan fingerprint density at radius 1 is 1.18 bits per heavy atom. The van der Waals surface area contributed by atoms with Crippen LogP contribution in [-0.4, -0.2) is 28.8 Å². The van der Waals surface area contributed by atoms with E-state index in [9.17, 15) is 4.79 Å². The third-order valence-electron chi connectivity index (χ3n) is 3.96. The molecule has 9 nitrogen and oxygen atoms in total. The molecule has 33 heavy (non-hydrogen) atoms. The fraction of sp³-hybridized carbons (Fsp3) is 0.167. The number of hydrogen-bond acceptors (Lipinski definition) is 8. The third-order valence-corrected chi connectivity index (χ3v) is 3.96. The molecule has 0 saturated carbocycles. The number of benzene rings is 1. The van der Waals surface area contributed by atoms with E-state index >= 15 is 0 Å². The van der Waals surface area contributed by atoms with Crippen molar-refractivity contribution >= 4 is 35.3 Å². The summed E-state index contributed by atoms with van der Waals surface area (Å²) in [6, 6.07) is 5.81. The molecule has 1 amide bonds. The van der Waals surface area contributed by atoms with Crippen LogP contribution >= 0.6 is 0 Å². The Morgan fingerprint density at radius 2 is 1.94 bits per heavy atom. The Balaban J connectivity index is 0.000000277. The van der Waals surface area contributed by atoms with Crippen molar-refractivity contribution in [3.63, 3.8) is 0 Å². The number of furan rings is 1. The topological polar surface area (TPSA) is 115 Å². The van der Waals surface area contributed by atoms with Crippen molar-refractivity contribution in [1.82, 2.24) is 10.3 Å². The summed E-state index contributed by atoms with van der Waals surface area (Å²) >= 11 is 0. The van der Waals surface area contributed by atoms with E-state index in [0.29, 0.717) is 23.5 Å². The van der Waals surface area contributed by atoms with Gasteiger partial charge < -0.3 is 4.42 Å². The molecule has 164 valence electrons. The predicted octanol–water partition coefficient (Wildman–Crippen LogP) is 4.57. The van der Waals surface area contributed by atoms with Gasteiger partial charge in [-0.25, -0.2) is 9.57 Å². The van der Waals surface area contributed by atoms with Crippen LogP contribution in [0.1, 0.15) is 34.3 Å². The number of nitrogens with one attached hydrogen (secondary N) is 1. The highest BCUT2D eigenvalue weighted by Gasteiger charge is 2.20. The van der Waals surface area contributed by atoms with Gasteiger partial charge in [0.2, 0.25) is 5.82 Å². The molecular weight excluding hydrogens is 422 g/mol. The maximum atomic E-state index is 12.3. The largest absolute Gasteiger partial charge is 0.451 e. The standard InChI is InChI=1S/C15H15N3O3.C9H4N2O/c1-4-11-14(18-21-17-11)16-15(19)13-9(3)10-7-8(2)5-6-12(10)20-13;1-3-4-5-6-7-8-9-11-12-10-2/h5-7H,4H2,1-3H3,(H,16,18,19);1-2H2. The van der Waals surface area contributed by atoms with Crippen LogP contribution < -0.4 is 5.32 Å². The third kappa shape index (κ3) is 7.01. The number of carbonyl (C=O) groups is 1. The second-order valence-corrected chi connectivity index (χ2v) is 6.14. The summed E-state index contributed by atoms with van der Waals surface area (Å²) in [5, 5.41) is 17.1. The number of oxime groups is 1. The number of fused-ring (bicyclic) bond motifs is 1. The fourth-order valence-electron chi connectivity index (χ4n) is 2.49. The lowest BCUT2D eigenvalue weighted by Gasteiger charge is -2.00. The molecule has 0 saturated heterocycles. The van der Waals surface area contributed by atoms with Crippen LogP contribution in [0.5, 0.6) is 0 Å². The number of hydrogen-bond donors (Lipinski definition) is 1. The zero-order chi connectivity index (χ0) is 24.1. The summed E-state index contributed by atoms with van der Waals surface area (Å²) in [5.41, 5.74) is 17.5. The molecule has 3 aromatic rings. The Hall–Kier alpha value is -5.03. The van der Waals surface area contributed by atoms with Crippen molar-refractivity contribution in [2.45, 2.75) is 27.2 Å². The van der Waals surface area contributed by atoms with E-state index in [0.717, 1.165) is 16.5 Å². The summed E-state index contributed by atoms with van der Waals surface area (Å²) in [5.74, 6) is 2.46. The van der Waals surface area contributed by atoms with Gasteiger partial charge in [0, 0.05) is 40.0 Å². The lowest BCUT2D eigenvalue weighted by Crippen LogP contribution is -2.13. The van der Waals surface area contributed by atoms with E-state index in [-0.39, 0.29) is 11.7 Å². The van der Waals surface area contributed by atoms with Crippen molar-refractivity contribution in [3.05, 3.63) is 81.7 Å². The molecule has 2 aromatic heterocycles. The zero-order valence-corrected chi connectivity index (χ0v) is 18.3. The minimum absolute atomic E-state index is 0.278. The molecule has 0 spiro atoms. The molecule has 1 N–H and O–H groups in total. The summed E-state index contributed by atoms with van der Waals surface area (Å²) in [7, 11) is 0. The average molecular weight is 441 g/mol. The van der Waals surface area contributed by atoms with Gasteiger partial charge >= 0.3 is 0 Å². The van der Waals surface area contributed by atoms with Gasteiger partial charge in [0.15, 0.2) is 5.76 Å². The maximum Gasteiger partial charge on any atom is 0.292 e. The lowest BCUT2D eigenvalue weighted by atomic mass is 10.1. The van der Waals surface area contributed by atoms with Crippen LogP contribution in [0.15, 0.2) is 78.5 Å². The molecule has 9 heteroatoms. The first kappa shape index (κ1) is 24.2. The number of aromatic nitrogens is 2. The number of rotatable bonds is 5. The number of nitrogens with zero attached hydrogens (tertiary/aromatic N) is 4. The monoisotopic (exact) mass is 441 g/mol. The van der Waals surface area contributed by atoms with Gasteiger partial charge in [-0.3, -0.25) is 10.1 Å². The van der Waals surface area contributed by atoms with Crippen molar-refractivity contribution in [3.8, 4) is 0 Å². The van der Waals surface area contributed by atoms with E-state index < -0.39 is 0 Å². The molecular formula is C24H19N5O4. The second kappa shape index (κ2) is 12.6. The van der Waals surface area contributed by atoms with Crippen LogP contribution in [0.4, 0.5) is 5.82 Å². The quantitative estimate of drug-likeness (QED) is 0.352. The minimum Gasteiger partial charge on any atom is -0.451 e. The van der Waals surface area contributed by atoms with Crippen LogP contribution in [0, 0.1) is 13.8 Å². The van der Waals surface area contributed by atoms with Gasteiger partial charge in [0.25, 0.3) is 5.91 Å². The number of aryl methyl sites for hydroxylation is 3. The number of anilines is 1. The maximum absolute atomic E-state index is 12.3. The van der Waals surface area contributed by atoms with Crippen LogP contribution in [0.3, 0.4) is 0 Å². The molecule has 0 bridgehead atoms. The van der Waals surface area contributed by atoms with Gasteiger partial charge in [-0.05, 0) is 55.6 Å². The van der Waals surface area contributed by atoms with Crippen molar-refractivity contribution < 1.29 is 18.8 Å². The molecule has 1 aromatic carbocycles. The smallest absolute Gasteiger partial charge is 0.292 e. The Bertz CT molecular complexity index is 1440. The van der Waals surface area contributed by atoms with Crippen LogP contribution in [-0.2, 0) is 11.4 Å². The summed E-state index contributed by atoms with van der Waals surface area (Å²) < 4.78 is 10.3. The van der Waals surface area contributed by atoms with E-state index in [1.165, 1.54) is 0 Å². The Labute approximate surface area is 189 Å². The van der Waals surface area contributed by atoms with Crippen molar-refractivity contribution in [1.29, 1.82) is 0 Å². The predicted molar refractivity (Wildman–Crippen MR) is 122 cm³/mol. The highest BCUT2D eigenvalue weighted by molar-refractivity contribution is 6.06. The van der Waals surface area contributed by atoms with Crippen LogP contribution in [0.25, 0.3) is 11.0 Å². The molecule has 0 atom stereocenters. The van der Waals surface area contributed by atoms with Gasteiger partial charge in [-0.15, -0.1) is 0 Å². The van der Waals surface area contributed by atoms with Crippen molar-refractivity contribution in [2.24, 2.45) is 10.3 Å². The summed E-state index contributed by atoms with van der Waals surface area (Å²) in [4.78, 5) is 16.4. The first-order valence-corrected chi connectivity index (χ1v) is 9.48. The van der Waals surface area contributed by atoms with Crippen molar-refractivity contribution in [2.75, 3.05) is 5.32 Å². The molecule has 0 aliphatic rings. The molecule has 2 heterocycles. The van der Waals surface area contributed by atoms with Crippen LogP contribution in [0.2, 0.25) is 0 Å². The molecule has 0 aliphatic heterocycles. The summed E-state index contributed by atoms with van der Waals surface area (Å²) in [6.07, 6.45) is 0.622.